The number of methoxy groups -OCH3 is 1. The van der Waals surface area contributed by atoms with Crippen LogP contribution in [0.4, 0.5) is 0 Å². The molecule has 0 saturated carbocycles. The van der Waals surface area contributed by atoms with Gasteiger partial charge in [-0.25, -0.2) is 0 Å². The monoisotopic (exact) mass is 360 g/mol. The van der Waals surface area contributed by atoms with Crippen LogP contribution in [-0.4, -0.2) is 70.4 Å². The first-order chi connectivity index (χ1) is 12.0. The van der Waals surface area contributed by atoms with Gasteiger partial charge in [0, 0.05) is 39.8 Å². The van der Waals surface area contributed by atoms with Gasteiger partial charge in [-0.1, -0.05) is 0 Å². The van der Waals surface area contributed by atoms with Crippen molar-refractivity contribution in [2.75, 3.05) is 40.0 Å². The highest BCUT2D eigenvalue weighted by Crippen LogP contribution is 2.23. The molecule has 0 radical (unpaired) electrons. The molecule has 146 valence electrons. The van der Waals surface area contributed by atoms with Gasteiger partial charge in [0.05, 0.1) is 12.7 Å². The molecule has 0 spiro atoms. The summed E-state index contributed by atoms with van der Waals surface area (Å²) >= 11 is 0. The second-order valence-electron chi connectivity index (χ2n) is 5.72. The number of ether oxygens (including phenoxy) is 4. The van der Waals surface area contributed by atoms with Crippen molar-refractivity contribution in [1.29, 1.82) is 0 Å². The number of rotatable bonds is 12. The van der Waals surface area contributed by atoms with Crippen molar-refractivity contribution >= 4 is 11.9 Å². The second kappa shape index (κ2) is 12.7. The minimum atomic E-state index is -0.225. The fraction of sp³-hybridized carbons (Fsp3) is 0.867. The van der Waals surface area contributed by atoms with Crippen LogP contribution in [0.1, 0.15) is 25.7 Å². The summed E-state index contributed by atoms with van der Waals surface area (Å²) in [6.45, 7) is 2.62. The summed E-state index contributed by atoms with van der Waals surface area (Å²) in [5.74, 6) is 0.184. The van der Waals surface area contributed by atoms with E-state index in [1.165, 1.54) is 0 Å². The Labute approximate surface area is 148 Å². The van der Waals surface area contributed by atoms with Crippen LogP contribution in [0.3, 0.4) is 0 Å². The molecule has 1 aliphatic rings. The Morgan fingerprint density at radius 3 is 2.24 bits per heavy atom. The molecule has 0 amide bonds. The molecule has 1 aliphatic heterocycles. The SMILES string of the molecule is COC1CC[C@@H](OCCCN=C(N)N)[C@@H](COCCCN=C(N)N)O1. The predicted octanol–water partition coefficient (Wildman–Crippen LogP) is -1.13. The van der Waals surface area contributed by atoms with Gasteiger partial charge >= 0.3 is 0 Å². The van der Waals surface area contributed by atoms with Gasteiger partial charge in [0.15, 0.2) is 18.2 Å². The maximum atomic E-state index is 5.91. The van der Waals surface area contributed by atoms with E-state index in [-0.39, 0.29) is 30.4 Å². The van der Waals surface area contributed by atoms with Gasteiger partial charge in [0.25, 0.3) is 0 Å². The largest absolute Gasteiger partial charge is 0.379 e. The number of nitrogens with zero attached hydrogens (tertiary/aromatic N) is 2. The van der Waals surface area contributed by atoms with Gasteiger partial charge in [-0.3, -0.25) is 9.98 Å². The average Bonchev–Trinajstić information content (AvgIpc) is 2.57. The summed E-state index contributed by atoms with van der Waals surface area (Å²) in [5.41, 5.74) is 21.1. The van der Waals surface area contributed by atoms with E-state index in [9.17, 15) is 0 Å². The number of nitrogens with two attached hydrogens (primary N) is 4. The number of hydrogen-bond donors (Lipinski definition) is 4. The molecule has 3 atom stereocenters. The van der Waals surface area contributed by atoms with E-state index in [1.54, 1.807) is 7.11 Å². The molecule has 10 heteroatoms. The van der Waals surface area contributed by atoms with E-state index < -0.39 is 0 Å². The minimum absolute atomic E-state index is 0.0386. The topological polar surface area (TPSA) is 166 Å². The third-order valence-electron chi connectivity index (χ3n) is 3.64. The van der Waals surface area contributed by atoms with Crippen LogP contribution in [0, 0.1) is 0 Å². The maximum Gasteiger partial charge on any atom is 0.185 e. The van der Waals surface area contributed by atoms with E-state index in [2.05, 4.69) is 9.98 Å². The number of guanidine groups is 2. The Hall–Kier alpha value is -1.62. The molecule has 10 nitrogen and oxygen atoms in total. The smallest absolute Gasteiger partial charge is 0.185 e. The van der Waals surface area contributed by atoms with Crippen molar-refractivity contribution in [1.82, 2.24) is 0 Å². The lowest BCUT2D eigenvalue weighted by molar-refractivity contribution is -0.232. The van der Waals surface area contributed by atoms with Gasteiger partial charge in [0.1, 0.15) is 6.10 Å². The number of hydrogen-bond acceptors (Lipinski definition) is 6. The number of aliphatic imine (C=N–C) groups is 2. The third-order valence-corrected chi connectivity index (χ3v) is 3.64. The molecule has 8 N–H and O–H groups in total. The van der Waals surface area contributed by atoms with Crippen molar-refractivity contribution in [2.24, 2.45) is 32.9 Å². The van der Waals surface area contributed by atoms with Crippen LogP contribution in [0.2, 0.25) is 0 Å². The third kappa shape index (κ3) is 10.1. The summed E-state index contributed by atoms with van der Waals surface area (Å²) in [5, 5.41) is 0. The van der Waals surface area contributed by atoms with E-state index >= 15 is 0 Å². The first-order valence-corrected chi connectivity index (χ1v) is 8.51. The van der Waals surface area contributed by atoms with Crippen LogP contribution in [-0.2, 0) is 18.9 Å². The molecule has 0 aromatic heterocycles. The summed E-state index contributed by atoms with van der Waals surface area (Å²) < 4.78 is 22.8. The zero-order valence-corrected chi connectivity index (χ0v) is 14.9. The van der Waals surface area contributed by atoms with Gasteiger partial charge in [-0.05, 0) is 19.3 Å². The fourth-order valence-corrected chi connectivity index (χ4v) is 2.43. The van der Waals surface area contributed by atoms with E-state index in [0.29, 0.717) is 32.9 Å². The van der Waals surface area contributed by atoms with Crippen LogP contribution in [0.5, 0.6) is 0 Å². The molecule has 0 aromatic rings. The molecule has 1 saturated heterocycles. The highest BCUT2D eigenvalue weighted by atomic mass is 16.7. The zero-order chi connectivity index (χ0) is 18.5. The van der Waals surface area contributed by atoms with Crippen LogP contribution >= 0.6 is 0 Å². The van der Waals surface area contributed by atoms with Crippen molar-refractivity contribution in [3.05, 3.63) is 0 Å². The molecule has 1 rings (SSSR count). The Balaban J connectivity index is 2.30. The van der Waals surface area contributed by atoms with Crippen LogP contribution < -0.4 is 22.9 Å². The first kappa shape index (κ1) is 21.4. The second-order valence-corrected chi connectivity index (χ2v) is 5.72. The average molecular weight is 360 g/mol. The Morgan fingerprint density at radius 2 is 1.64 bits per heavy atom. The van der Waals surface area contributed by atoms with E-state index in [1.807, 2.05) is 0 Å². The Kier molecular flexibility index (Phi) is 10.9. The van der Waals surface area contributed by atoms with Gasteiger partial charge < -0.3 is 41.9 Å². The summed E-state index contributed by atoms with van der Waals surface area (Å²) in [6.07, 6.45) is 2.68. The minimum Gasteiger partial charge on any atom is -0.379 e. The van der Waals surface area contributed by atoms with Crippen molar-refractivity contribution in [2.45, 2.75) is 44.2 Å². The molecule has 0 bridgehead atoms. The van der Waals surface area contributed by atoms with Crippen molar-refractivity contribution in [3.8, 4) is 0 Å². The molecule has 1 fully saturated rings. The highest BCUT2D eigenvalue weighted by molar-refractivity contribution is 5.75. The Bertz CT molecular complexity index is 413. The molecular weight excluding hydrogens is 328 g/mol. The summed E-state index contributed by atoms with van der Waals surface area (Å²) in [6, 6.07) is 0. The molecule has 1 heterocycles. The fourth-order valence-electron chi connectivity index (χ4n) is 2.43. The highest BCUT2D eigenvalue weighted by Gasteiger charge is 2.32. The lowest BCUT2D eigenvalue weighted by Crippen LogP contribution is -2.44. The van der Waals surface area contributed by atoms with Crippen LogP contribution in [0.15, 0.2) is 9.98 Å². The normalized spacial score (nSPS) is 23.2. The molecule has 1 unspecified atom stereocenters. The molecular formula is C15H32N6O4. The van der Waals surface area contributed by atoms with Gasteiger partial charge in [-0.2, -0.15) is 0 Å². The zero-order valence-electron chi connectivity index (χ0n) is 14.9. The molecule has 25 heavy (non-hydrogen) atoms. The molecule has 0 aliphatic carbocycles. The van der Waals surface area contributed by atoms with Gasteiger partial charge in [-0.15, -0.1) is 0 Å². The van der Waals surface area contributed by atoms with Crippen molar-refractivity contribution < 1.29 is 18.9 Å². The maximum absolute atomic E-state index is 5.91. The first-order valence-electron chi connectivity index (χ1n) is 8.51. The van der Waals surface area contributed by atoms with E-state index in [0.717, 1.165) is 25.7 Å². The Morgan fingerprint density at radius 1 is 1.00 bits per heavy atom. The van der Waals surface area contributed by atoms with Crippen LogP contribution in [0.25, 0.3) is 0 Å². The lowest BCUT2D eigenvalue weighted by atomic mass is 10.1. The quantitative estimate of drug-likeness (QED) is 0.193. The predicted molar refractivity (Wildman–Crippen MR) is 96.1 cm³/mol. The van der Waals surface area contributed by atoms with Crippen molar-refractivity contribution in [3.63, 3.8) is 0 Å². The standard InChI is InChI=1S/C15H32N6O4/c1-22-13-5-4-11(24-9-3-7-21-15(18)19)12(25-13)10-23-8-2-6-20-14(16)17/h11-13H,2-10H2,1H3,(H4,16,17,20)(H4,18,19,21)/t11-,12-,13?/m1/s1. The molecule has 0 aromatic carbocycles. The van der Waals surface area contributed by atoms with E-state index in [4.69, 9.17) is 41.9 Å². The van der Waals surface area contributed by atoms with Gasteiger partial charge in [0.2, 0.25) is 0 Å². The summed E-state index contributed by atoms with van der Waals surface area (Å²) in [4.78, 5) is 7.84. The lowest BCUT2D eigenvalue weighted by Gasteiger charge is -2.35. The summed E-state index contributed by atoms with van der Waals surface area (Å²) in [7, 11) is 1.63.